The first-order valence-electron chi connectivity index (χ1n) is 24.7. The molecule has 0 spiro atoms. The van der Waals surface area contributed by atoms with Crippen LogP contribution in [0.5, 0.6) is 0 Å². The molecule has 2 saturated carbocycles. The predicted octanol–water partition coefficient (Wildman–Crippen LogP) is 12.3. The van der Waals surface area contributed by atoms with E-state index in [1.807, 2.05) is 141 Å². The summed E-state index contributed by atoms with van der Waals surface area (Å²) in [6.45, 7) is 4.59. The van der Waals surface area contributed by atoms with Crippen LogP contribution in [-0.4, -0.2) is 36.5 Å². The van der Waals surface area contributed by atoms with Crippen molar-refractivity contribution in [2.75, 3.05) is 10.6 Å². The third kappa shape index (κ3) is 13.5. The number of benzene rings is 6. The molecule has 0 bridgehead atoms. The van der Waals surface area contributed by atoms with Gasteiger partial charge in [-0.3, -0.25) is 9.59 Å². The van der Waals surface area contributed by atoms with Crippen molar-refractivity contribution in [3.63, 3.8) is 0 Å². The maximum atomic E-state index is 13.4. The number of carbonyl (C=O) groups excluding carboxylic acids is 2. The molecule has 8 aromatic rings. The molecular formula is C60H64Cl2N8O3. The first kappa shape index (κ1) is 53.7. The predicted molar refractivity (Wildman–Crippen MR) is 298 cm³/mol. The van der Waals surface area contributed by atoms with Gasteiger partial charge in [-0.15, -0.1) is 24.8 Å². The summed E-state index contributed by atoms with van der Waals surface area (Å²) in [4.78, 5) is 26.7. The van der Waals surface area contributed by atoms with Gasteiger partial charge in [0.15, 0.2) is 0 Å². The van der Waals surface area contributed by atoms with Crippen LogP contribution in [0, 0.1) is 25.7 Å². The number of hydrogen-bond acceptors (Lipinski definition) is 7. The highest BCUT2D eigenvalue weighted by Gasteiger charge is 2.34. The minimum atomic E-state index is -1.12. The zero-order valence-corrected chi connectivity index (χ0v) is 42.9. The van der Waals surface area contributed by atoms with Crippen LogP contribution in [-0.2, 0) is 18.7 Å². The zero-order chi connectivity index (χ0) is 49.3. The Morgan fingerprint density at radius 3 is 1.60 bits per heavy atom. The molecule has 6 aromatic carbocycles. The third-order valence-electron chi connectivity index (χ3n) is 13.2. The molecule has 0 aliphatic heterocycles. The Kier molecular flexibility index (Phi) is 18.0. The summed E-state index contributed by atoms with van der Waals surface area (Å²) in [7, 11) is 0. The maximum Gasteiger partial charge on any atom is 0.274 e. The van der Waals surface area contributed by atoms with Gasteiger partial charge in [-0.05, 0) is 157 Å². The summed E-state index contributed by atoms with van der Waals surface area (Å²) in [5.74, 6) is 1.03. The Balaban J connectivity index is 0.000000208. The molecule has 0 saturated heterocycles. The lowest BCUT2D eigenvalue weighted by molar-refractivity contribution is 0.0670. The van der Waals surface area contributed by atoms with Crippen molar-refractivity contribution in [2.24, 2.45) is 23.3 Å². The maximum absolute atomic E-state index is 13.4. The molecule has 2 aliphatic carbocycles. The van der Waals surface area contributed by atoms with E-state index in [2.05, 4.69) is 57.2 Å². The van der Waals surface area contributed by atoms with Gasteiger partial charge in [-0.1, -0.05) is 128 Å². The monoisotopic (exact) mass is 1010 g/mol. The highest BCUT2D eigenvalue weighted by atomic mass is 35.5. The fourth-order valence-corrected chi connectivity index (χ4v) is 9.00. The number of carbonyl (C=O) groups is 2. The smallest absolute Gasteiger partial charge is 0.274 e. The van der Waals surface area contributed by atoms with E-state index in [0.717, 1.165) is 75.0 Å². The standard InChI is InChI=1S/C30H32N4O2.C30H30N4O.2ClH/c1-21-17-28(34(33-21)27-12-5-7-23(18-27)20-31)29(35)32-26-11-6-10-25(19-26)30(36,16-15-22-13-14-22)24-8-3-2-4-9-24;1-21-17-29(34(33-21)27-12-5-7-23(18-27)20-31)30(35)32-26-11-6-10-25(19-26)28(16-15-22-13-14-22)24-8-3-2-4-9-24;;/h2-12,17-19,22,36H,13-16,20,31H2,1H3,(H,32,35);2-12,16-19,22H,13-15,20,31H2,1H3,(H,32,35);2*1H. The summed E-state index contributed by atoms with van der Waals surface area (Å²) in [5, 5.41) is 27.1. The molecule has 2 fully saturated rings. The number of aromatic nitrogens is 4. The average molecular weight is 1020 g/mol. The van der Waals surface area contributed by atoms with Crippen LogP contribution in [0.2, 0.25) is 0 Å². The number of allylic oxidation sites excluding steroid dienone is 1. The van der Waals surface area contributed by atoms with E-state index in [1.54, 1.807) is 21.5 Å². The Morgan fingerprint density at radius 1 is 0.589 bits per heavy atom. The van der Waals surface area contributed by atoms with Crippen molar-refractivity contribution in [3.8, 4) is 11.4 Å². The van der Waals surface area contributed by atoms with Gasteiger partial charge in [0.1, 0.15) is 17.0 Å². The van der Waals surface area contributed by atoms with Crippen LogP contribution >= 0.6 is 24.8 Å². The molecule has 1 unspecified atom stereocenters. The number of nitrogens with one attached hydrogen (secondary N) is 2. The van der Waals surface area contributed by atoms with Crippen LogP contribution < -0.4 is 22.1 Å². The highest BCUT2D eigenvalue weighted by molar-refractivity contribution is 6.04. The van der Waals surface area contributed by atoms with Gasteiger partial charge in [0.05, 0.1) is 22.8 Å². The number of anilines is 2. The van der Waals surface area contributed by atoms with Gasteiger partial charge in [0.2, 0.25) is 0 Å². The fourth-order valence-electron chi connectivity index (χ4n) is 9.00. The number of halogens is 2. The third-order valence-corrected chi connectivity index (χ3v) is 13.2. The van der Waals surface area contributed by atoms with Crippen molar-refractivity contribution in [2.45, 2.75) is 77.5 Å². The van der Waals surface area contributed by atoms with Crippen LogP contribution in [0.25, 0.3) is 16.9 Å². The number of aliphatic hydroxyl groups is 1. The molecule has 2 amide bonds. The van der Waals surface area contributed by atoms with Gasteiger partial charge >= 0.3 is 0 Å². The van der Waals surface area contributed by atoms with E-state index in [1.165, 1.54) is 36.8 Å². The molecular weight excluding hydrogens is 952 g/mol. The summed E-state index contributed by atoms with van der Waals surface area (Å²) in [6, 6.07) is 54.9. The van der Waals surface area contributed by atoms with E-state index in [-0.39, 0.29) is 36.6 Å². The van der Waals surface area contributed by atoms with E-state index in [0.29, 0.717) is 42.5 Å². The zero-order valence-electron chi connectivity index (χ0n) is 41.3. The van der Waals surface area contributed by atoms with Gasteiger partial charge in [0.25, 0.3) is 11.8 Å². The van der Waals surface area contributed by atoms with Crippen LogP contribution in [0.15, 0.2) is 176 Å². The van der Waals surface area contributed by atoms with E-state index in [4.69, 9.17) is 11.5 Å². The van der Waals surface area contributed by atoms with Gasteiger partial charge < -0.3 is 27.2 Å². The van der Waals surface area contributed by atoms with Crippen molar-refractivity contribution in [3.05, 3.63) is 232 Å². The molecule has 7 N–H and O–H groups in total. The van der Waals surface area contributed by atoms with Crippen molar-refractivity contribution in [1.29, 1.82) is 0 Å². The van der Waals surface area contributed by atoms with E-state index < -0.39 is 5.60 Å². The van der Waals surface area contributed by atoms with Gasteiger partial charge in [-0.2, -0.15) is 10.2 Å². The molecule has 2 aromatic heterocycles. The SMILES string of the molecule is Cc1cc(C(=O)Nc2cccc(C(=CCC3CC3)c3ccccc3)c2)n(-c2cccc(CN)c2)n1.Cc1cc(C(=O)Nc2cccc(C(O)(CCC3CC3)c3ccccc3)c2)n(-c2cccc(CN)c2)n1.Cl.Cl. The number of nitrogens with two attached hydrogens (primary N) is 2. The van der Waals surface area contributed by atoms with Crippen molar-refractivity contribution in [1.82, 2.24) is 19.6 Å². The number of amides is 2. The molecule has 73 heavy (non-hydrogen) atoms. The van der Waals surface area contributed by atoms with E-state index >= 15 is 0 Å². The first-order valence-corrected chi connectivity index (χ1v) is 24.7. The molecule has 13 heteroatoms. The Labute approximate surface area is 440 Å². The largest absolute Gasteiger partial charge is 0.380 e. The summed E-state index contributed by atoms with van der Waals surface area (Å²) in [6.07, 6.45) is 10.2. The number of rotatable bonds is 17. The summed E-state index contributed by atoms with van der Waals surface area (Å²) in [5.41, 5.74) is 23.0. The number of hydrogen-bond donors (Lipinski definition) is 5. The van der Waals surface area contributed by atoms with Crippen LogP contribution in [0.3, 0.4) is 0 Å². The fraction of sp³-hybridized carbons (Fsp3) is 0.233. The lowest BCUT2D eigenvalue weighted by atomic mass is 9.82. The van der Waals surface area contributed by atoms with Gasteiger partial charge in [-0.25, -0.2) is 9.36 Å². The first-order chi connectivity index (χ1) is 34.6. The highest BCUT2D eigenvalue weighted by Crippen LogP contribution is 2.42. The minimum Gasteiger partial charge on any atom is -0.380 e. The lowest BCUT2D eigenvalue weighted by Gasteiger charge is -2.30. The molecule has 10 rings (SSSR count). The van der Waals surface area contributed by atoms with Gasteiger partial charge in [0, 0.05) is 24.5 Å². The normalized spacial score (nSPS) is 13.8. The number of aryl methyl sites for hydroxylation is 2. The average Bonchev–Trinajstić information content (AvgIpc) is 4.34. The van der Waals surface area contributed by atoms with Crippen molar-refractivity contribution >= 4 is 53.6 Å². The quantitative estimate of drug-likeness (QED) is 0.0605. The molecule has 1 atom stereocenters. The second-order valence-corrected chi connectivity index (χ2v) is 18.9. The molecule has 376 valence electrons. The Bertz CT molecular complexity index is 3160. The minimum absolute atomic E-state index is 0. The molecule has 2 aliphatic rings. The van der Waals surface area contributed by atoms with E-state index in [9.17, 15) is 14.7 Å². The molecule has 2 heterocycles. The summed E-state index contributed by atoms with van der Waals surface area (Å²) >= 11 is 0. The van der Waals surface area contributed by atoms with Crippen LogP contribution in [0.1, 0.15) is 111 Å². The Hall–Kier alpha value is -7.12. The summed E-state index contributed by atoms with van der Waals surface area (Å²) < 4.78 is 3.32. The molecule has 0 radical (unpaired) electrons. The van der Waals surface area contributed by atoms with Crippen molar-refractivity contribution < 1.29 is 14.7 Å². The second kappa shape index (κ2) is 24.5. The van der Waals surface area contributed by atoms with Crippen LogP contribution in [0.4, 0.5) is 11.4 Å². The lowest BCUT2D eigenvalue weighted by Crippen LogP contribution is -2.28. The Morgan fingerprint density at radius 2 is 1.07 bits per heavy atom. The second-order valence-electron chi connectivity index (χ2n) is 18.9. The number of nitrogens with zero attached hydrogens (tertiary/aromatic N) is 4. The molecule has 11 nitrogen and oxygen atoms in total. The topological polar surface area (TPSA) is 166 Å².